The van der Waals surface area contributed by atoms with Crippen LogP contribution < -0.4 is 9.62 Å². The minimum absolute atomic E-state index is 0.127. The predicted octanol–water partition coefficient (Wildman–Crippen LogP) is 4.77. The first-order chi connectivity index (χ1) is 14.2. The molecular weight excluding hydrogens is 464 g/mol. The molecule has 0 saturated heterocycles. The highest BCUT2D eigenvalue weighted by atomic mass is 35.5. The van der Waals surface area contributed by atoms with E-state index in [0.717, 1.165) is 8.64 Å². The van der Waals surface area contributed by atoms with Crippen molar-refractivity contribution in [3.8, 4) is 0 Å². The number of rotatable bonds is 7. The van der Waals surface area contributed by atoms with Gasteiger partial charge in [-0.2, -0.15) is 0 Å². The molecule has 3 rings (SSSR count). The Kier molecular flexibility index (Phi) is 7.02. The molecule has 0 aliphatic rings. The molecule has 2 aromatic carbocycles. The molecule has 1 aromatic heterocycles. The second-order valence-electron chi connectivity index (χ2n) is 6.47. The van der Waals surface area contributed by atoms with Crippen molar-refractivity contribution >= 4 is 61.4 Å². The van der Waals surface area contributed by atoms with Crippen LogP contribution in [0.1, 0.15) is 24.2 Å². The number of nitrogens with one attached hydrogen (secondary N) is 1. The zero-order valence-electron chi connectivity index (χ0n) is 16.4. The Labute approximate surface area is 188 Å². The number of carbonyl (C=O) groups excluding carboxylic acids is 1. The highest BCUT2D eigenvalue weighted by molar-refractivity contribution is 8.01. The number of thioether (sulfide) groups is 1. The summed E-state index contributed by atoms with van der Waals surface area (Å²) in [5.74, 6) is -0.345. The molecule has 0 saturated carbocycles. The van der Waals surface area contributed by atoms with Gasteiger partial charge in [-0.3, -0.25) is 14.4 Å². The van der Waals surface area contributed by atoms with Crippen LogP contribution >= 0.6 is 34.7 Å². The number of aromatic nitrogens is 2. The Bertz CT molecular complexity index is 1130. The fourth-order valence-electron chi connectivity index (χ4n) is 2.41. The number of carbonyl (C=O) groups is 1. The van der Waals surface area contributed by atoms with Crippen LogP contribution in [0.15, 0.2) is 57.8 Å². The third kappa shape index (κ3) is 5.31. The summed E-state index contributed by atoms with van der Waals surface area (Å²) in [7, 11) is -2.29. The minimum atomic E-state index is -3.74. The first-order valence-corrected chi connectivity index (χ1v) is 12.3. The summed E-state index contributed by atoms with van der Waals surface area (Å²) in [6, 6.07) is 12.2. The molecule has 0 atom stereocenters. The van der Waals surface area contributed by atoms with E-state index >= 15 is 0 Å². The normalized spacial score (nSPS) is 11.5. The summed E-state index contributed by atoms with van der Waals surface area (Å²) in [5, 5.41) is 12.0. The van der Waals surface area contributed by atoms with Gasteiger partial charge in [-0.1, -0.05) is 48.5 Å². The van der Waals surface area contributed by atoms with Crippen molar-refractivity contribution < 1.29 is 13.2 Å². The van der Waals surface area contributed by atoms with Crippen molar-refractivity contribution in [3.63, 3.8) is 0 Å². The standard InChI is InChI=1S/C19H19ClN4O3S3/c1-12(2)28-19-23-22-18(29-19)21-17(25)13-4-8-15(9-5-13)24(3)30(26,27)16-10-6-14(20)7-11-16/h4-12H,1-3H3,(H,21,22,25). The Morgan fingerprint density at radius 2 is 1.73 bits per heavy atom. The van der Waals surface area contributed by atoms with Gasteiger partial charge in [0.1, 0.15) is 0 Å². The zero-order valence-corrected chi connectivity index (χ0v) is 19.6. The second-order valence-corrected chi connectivity index (χ2v) is 11.7. The van der Waals surface area contributed by atoms with Crippen LogP contribution in [0.5, 0.6) is 0 Å². The largest absolute Gasteiger partial charge is 0.296 e. The van der Waals surface area contributed by atoms with Gasteiger partial charge < -0.3 is 0 Å². The number of amides is 1. The van der Waals surface area contributed by atoms with Gasteiger partial charge in [-0.25, -0.2) is 8.42 Å². The lowest BCUT2D eigenvalue weighted by Crippen LogP contribution is -2.26. The van der Waals surface area contributed by atoms with Gasteiger partial charge >= 0.3 is 0 Å². The van der Waals surface area contributed by atoms with Crippen molar-refractivity contribution in [2.45, 2.75) is 28.3 Å². The Morgan fingerprint density at radius 1 is 1.10 bits per heavy atom. The van der Waals surface area contributed by atoms with Crippen LogP contribution in [0.2, 0.25) is 5.02 Å². The van der Waals surface area contributed by atoms with Gasteiger partial charge in [0, 0.05) is 22.9 Å². The molecule has 1 amide bonds. The molecule has 1 heterocycles. The molecule has 3 aromatic rings. The molecule has 0 bridgehead atoms. The highest BCUT2D eigenvalue weighted by Crippen LogP contribution is 2.29. The van der Waals surface area contributed by atoms with Crippen molar-refractivity contribution in [2.24, 2.45) is 0 Å². The average Bonchev–Trinajstić information content (AvgIpc) is 3.13. The van der Waals surface area contributed by atoms with Gasteiger partial charge in [0.05, 0.1) is 10.6 Å². The summed E-state index contributed by atoms with van der Waals surface area (Å²) in [6.45, 7) is 4.10. The lowest BCUT2D eigenvalue weighted by atomic mass is 10.2. The minimum Gasteiger partial charge on any atom is -0.296 e. The monoisotopic (exact) mass is 482 g/mol. The summed E-state index contributed by atoms with van der Waals surface area (Å²) in [6.07, 6.45) is 0. The third-order valence-electron chi connectivity index (χ3n) is 3.93. The number of anilines is 2. The number of sulfonamides is 1. The Hall–Kier alpha value is -2.14. The first kappa shape index (κ1) is 22.5. The number of halogens is 1. The Morgan fingerprint density at radius 3 is 2.33 bits per heavy atom. The zero-order chi connectivity index (χ0) is 21.9. The second kappa shape index (κ2) is 9.34. The van der Waals surface area contributed by atoms with Crippen LogP contribution in [0.25, 0.3) is 0 Å². The summed E-state index contributed by atoms with van der Waals surface area (Å²) < 4.78 is 27.5. The molecule has 7 nitrogen and oxygen atoms in total. The quantitative estimate of drug-likeness (QED) is 0.385. The summed E-state index contributed by atoms with van der Waals surface area (Å²) in [5.41, 5.74) is 0.803. The van der Waals surface area contributed by atoms with E-state index in [-0.39, 0.29) is 10.8 Å². The van der Waals surface area contributed by atoms with E-state index in [1.54, 1.807) is 36.0 Å². The van der Waals surface area contributed by atoms with Crippen molar-refractivity contribution in [2.75, 3.05) is 16.7 Å². The van der Waals surface area contributed by atoms with Crippen LogP contribution in [0, 0.1) is 0 Å². The maximum atomic E-state index is 12.8. The maximum absolute atomic E-state index is 12.8. The molecule has 30 heavy (non-hydrogen) atoms. The topological polar surface area (TPSA) is 92.3 Å². The molecule has 0 aliphatic carbocycles. The summed E-state index contributed by atoms with van der Waals surface area (Å²) >= 11 is 8.71. The van der Waals surface area contributed by atoms with Gasteiger partial charge in [-0.05, 0) is 48.5 Å². The van der Waals surface area contributed by atoms with E-state index in [1.165, 1.54) is 42.6 Å². The number of nitrogens with zero attached hydrogens (tertiary/aromatic N) is 3. The number of hydrogen-bond acceptors (Lipinski definition) is 7. The van der Waals surface area contributed by atoms with E-state index in [9.17, 15) is 13.2 Å². The van der Waals surface area contributed by atoms with Crippen molar-refractivity contribution in [1.82, 2.24) is 10.2 Å². The lowest BCUT2D eigenvalue weighted by molar-refractivity contribution is 0.102. The predicted molar refractivity (Wildman–Crippen MR) is 122 cm³/mol. The number of benzene rings is 2. The molecule has 0 radical (unpaired) electrons. The number of hydrogen-bond donors (Lipinski definition) is 1. The molecule has 0 fully saturated rings. The smallest absolute Gasteiger partial charge is 0.264 e. The van der Waals surface area contributed by atoms with E-state index in [0.29, 0.717) is 26.7 Å². The van der Waals surface area contributed by atoms with E-state index in [4.69, 9.17) is 11.6 Å². The molecule has 0 spiro atoms. The fraction of sp³-hybridized carbons (Fsp3) is 0.211. The first-order valence-electron chi connectivity index (χ1n) is 8.83. The van der Waals surface area contributed by atoms with Gasteiger partial charge in [-0.15, -0.1) is 10.2 Å². The third-order valence-corrected chi connectivity index (χ3v) is 7.91. The van der Waals surface area contributed by atoms with Crippen molar-refractivity contribution in [3.05, 3.63) is 59.1 Å². The van der Waals surface area contributed by atoms with Crippen LogP contribution in [-0.2, 0) is 10.0 Å². The van der Waals surface area contributed by atoms with Gasteiger partial charge in [0.25, 0.3) is 15.9 Å². The van der Waals surface area contributed by atoms with Gasteiger partial charge in [0.15, 0.2) is 4.34 Å². The fourth-order valence-corrected chi connectivity index (χ4v) is 5.70. The van der Waals surface area contributed by atoms with E-state index in [2.05, 4.69) is 29.4 Å². The van der Waals surface area contributed by atoms with Crippen LogP contribution in [0.3, 0.4) is 0 Å². The SMILES string of the molecule is CC(C)Sc1nnc(NC(=O)c2ccc(N(C)S(=O)(=O)c3ccc(Cl)cc3)cc2)s1. The molecule has 0 unspecified atom stereocenters. The molecule has 158 valence electrons. The van der Waals surface area contributed by atoms with Crippen LogP contribution in [0.4, 0.5) is 10.8 Å². The molecule has 0 aliphatic heterocycles. The van der Waals surface area contributed by atoms with Gasteiger partial charge in [0.2, 0.25) is 5.13 Å². The summed E-state index contributed by atoms with van der Waals surface area (Å²) in [4.78, 5) is 12.6. The average molecular weight is 483 g/mol. The Balaban J connectivity index is 1.71. The molecule has 11 heteroatoms. The lowest BCUT2D eigenvalue weighted by Gasteiger charge is -2.19. The van der Waals surface area contributed by atoms with E-state index in [1.807, 2.05) is 0 Å². The molecule has 1 N–H and O–H groups in total. The van der Waals surface area contributed by atoms with Crippen LogP contribution in [-0.4, -0.2) is 36.8 Å². The molecular formula is C19H19ClN4O3S3. The highest BCUT2D eigenvalue weighted by Gasteiger charge is 2.21. The van der Waals surface area contributed by atoms with Crippen molar-refractivity contribution in [1.29, 1.82) is 0 Å². The van der Waals surface area contributed by atoms with E-state index < -0.39 is 10.0 Å². The maximum Gasteiger partial charge on any atom is 0.264 e.